The lowest BCUT2D eigenvalue weighted by molar-refractivity contribution is -0.385. The van der Waals surface area contributed by atoms with Crippen LogP contribution in [0, 0.1) is 16.0 Å². The molecule has 0 radical (unpaired) electrons. The SMILES string of the molecule is CC1=NC(=O)N(CCCNCS(=O)(=O)c2cccc(Cl)c2Cl)C(c2cccc([N+](=O)[O-])c2)C1C(=O)OC(C)C. The van der Waals surface area contributed by atoms with Crippen LogP contribution in [0.1, 0.15) is 38.8 Å². The molecule has 0 saturated heterocycles. The fraction of sp³-hybridized carbons (Fsp3) is 0.400. The van der Waals surface area contributed by atoms with Crippen LogP contribution in [0.2, 0.25) is 10.0 Å². The summed E-state index contributed by atoms with van der Waals surface area (Å²) in [6, 6.07) is 8.53. The number of halogens is 2. The number of hydrogen-bond donors (Lipinski definition) is 1. The summed E-state index contributed by atoms with van der Waals surface area (Å²) >= 11 is 12.0. The van der Waals surface area contributed by atoms with E-state index in [-0.39, 0.29) is 45.9 Å². The number of nitro groups is 1. The summed E-state index contributed by atoms with van der Waals surface area (Å²) in [5, 5.41) is 14.3. The molecule has 0 aliphatic carbocycles. The number of hydrogen-bond acceptors (Lipinski definition) is 8. The van der Waals surface area contributed by atoms with E-state index in [4.69, 9.17) is 27.9 Å². The number of urea groups is 1. The number of esters is 1. The van der Waals surface area contributed by atoms with Crippen molar-refractivity contribution in [1.82, 2.24) is 10.2 Å². The number of benzene rings is 2. The Morgan fingerprint density at radius 1 is 1.23 bits per heavy atom. The maximum atomic E-state index is 13.1. The molecule has 0 saturated carbocycles. The molecular weight excluding hydrogens is 571 g/mol. The van der Waals surface area contributed by atoms with Gasteiger partial charge in [-0.2, -0.15) is 0 Å². The molecular formula is C25H28Cl2N4O7S. The first-order chi connectivity index (χ1) is 18.3. The maximum Gasteiger partial charge on any atom is 0.344 e. The van der Waals surface area contributed by atoms with Crippen LogP contribution >= 0.6 is 23.2 Å². The molecule has 1 heterocycles. The van der Waals surface area contributed by atoms with E-state index in [2.05, 4.69) is 10.3 Å². The van der Waals surface area contributed by atoms with E-state index in [0.717, 1.165) is 0 Å². The van der Waals surface area contributed by atoms with Crippen molar-refractivity contribution >= 4 is 56.4 Å². The van der Waals surface area contributed by atoms with Gasteiger partial charge in [0.25, 0.3) is 5.69 Å². The smallest absolute Gasteiger partial charge is 0.344 e. The van der Waals surface area contributed by atoms with E-state index in [1.807, 2.05) is 0 Å². The zero-order chi connectivity index (χ0) is 28.9. The molecule has 2 aromatic carbocycles. The van der Waals surface area contributed by atoms with Crippen LogP contribution in [-0.2, 0) is 19.4 Å². The fourth-order valence-corrected chi connectivity index (χ4v) is 6.18. The van der Waals surface area contributed by atoms with Gasteiger partial charge in [-0.05, 0) is 51.4 Å². The van der Waals surface area contributed by atoms with Gasteiger partial charge in [-0.3, -0.25) is 14.9 Å². The second kappa shape index (κ2) is 12.9. The van der Waals surface area contributed by atoms with Crippen molar-refractivity contribution in [3.05, 3.63) is 68.2 Å². The van der Waals surface area contributed by atoms with Crippen LogP contribution in [0.5, 0.6) is 0 Å². The van der Waals surface area contributed by atoms with Crippen molar-refractivity contribution in [3.8, 4) is 0 Å². The lowest BCUT2D eigenvalue weighted by atomic mass is 9.86. The normalized spacial score (nSPS) is 17.7. The van der Waals surface area contributed by atoms with Gasteiger partial charge in [0.1, 0.15) is 11.8 Å². The van der Waals surface area contributed by atoms with Crippen LogP contribution in [0.25, 0.3) is 0 Å². The van der Waals surface area contributed by atoms with Crippen LogP contribution < -0.4 is 5.32 Å². The highest BCUT2D eigenvalue weighted by Crippen LogP contribution is 2.36. The predicted molar refractivity (Wildman–Crippen MR) is 147 cm³/mol. The number of sulfone groups is 1. The fourth-order valence-electron chi connectivity index (χ4n) is 4.23. The van der Waals surface area contributed by atoms with Gasteiger partial charge in [-0.25, -0.2) is 18.2 Å². The average molecular weight is 599 g/mol. The molecule has 0 aromatic heterocycles. The number of carbonyl (C=O) groups excluding carboxylic acids is 2. The van der Waals surface area contributed by atoms with E-state index in [1.54, 1.807) is 26.8 Å². The summed E-state index contributed by atoms with van der Waals surface area (Å²) in [6.45, 7) is 5.19. The minimum Gasteiger partial charge on any atom is -0.462 e. The average Bonchev–Trinajstić information content (AvgIpc) is 2.85. The van der Waals surface area contributed by atoms with E-state index < -0.39 is 50.7 Å². The van der Waals surface area contributed by atoms with Gasteiger partial charge in [-0.1, -0.05) is 41.4 Å². The molecule has 2 unspecified atom stereocenters. The van der Waals surface area contributed by atoms with Crippen molar-refractivity contribution in [3.63, 3.8) is 0 Å². The topological polar surface area (TPSA) is 148 Å². The van der Waals surface area contributed by atoms with Crippen molar-refractivity contribution in [2.75, 3.05) is 19.0 Å². The second-order valence-electron chi connectivity index (χ2n) is 9.15. The van der Waals surface area contributed by atoms with E-state index in [1.165, 1.54) is 41.3 Å². The summed E-state index contributed by atoms with van der Waals surface area (Å²) in [5.74, 6) is -2.01. The van der Waals surface area contributed by atoms with Crippen molar-refractivity contribution in [1.29, 1.82) is 0 Å². The molecule has 1 aliphatic heterocycles. The van der Waals surface area contributed by atoms with E-state index in [9.17, 15) is 28.1 Å². The highest BCUT2D eigenvalue weighted by atomic mass is 35.5. The Hall–Kier alpha value is -3.06. The third-order valence-electron chi connectivity index (χ3n) is 5.94. The van der Waals surface area contributed by atoms with Gasteiger partial charge < -0.3 is 15.0 Å². The monoisotopic (exact) mass is 598 g/mol. The Labute approximate surface area is 236 Å². The van der Waals surface area contributed by atoms with Crippen molar-refractivity contribution in [2.24, 2.45) is 10.9 Å². The molecule has 14 heteroatoms. The summed E-state index contributed by atoms with van der Waals surface area (Å²) in [7, 11) is -3.79. The number of nitro benzene ring substituents is 1. The summed E-state index contributed by atoms with van der Waals surface area (Å²) in [5.41, 5.74) is 0.423. The molecule has 0 spiro atoms. The number of nitrogens with one attached hydrogen (secondary N) is 1. The molecule has 11 nitrogen and oxygen atoms in total. The Bertz CT molecular complexity index is 1400. The van der Waals surface area contributed by atoms with E-state index >= 15 is 0 Å². The molecule has 2 amide bonds. The van der Waals surface area contributed by atoms with Gasteiger partial charge in [0.15, 0.2) is 9.84 Å². The molecule has 2 atom stereocenters. The van der Waals surface area contributed by atoms with Crippen LogP contribution in [0.4, 0.5) is 10.5 Å². The molecule has 39 heavy (non-hydrogen) atoms. The molecule has 0 fully saturated rings. The highest BCUT2D eigenvalue weighted by Gasteiger charge is 2.43. The molecule has 2 aromatic rings. The van der Waals surface area contributed by atoms with Gasteiger partial charge >= 0.3 is 12.0 Å². The van der Waals surface area contributed by atoms with Crippen molar-refractivity contribution in [2.45, 2.75) is 44.2 Å². The third-order valence-corrected chi connectivity index (χ3v) is 8.47. The second-order valence-corrected chi connectivity index (χ2v) is 11.9. The molecule has 3 rings (SSSR count). The number of amides is 2. The standard InChI is InChI=1S/C25H28Cl2N4O7S/c1-15(2)38-24(32)21-16(3)29-25(33)30(23(21)17-7-4-8-18(13-17)31(34)35)12-6-11-28-14-39(36,37)20-10-5-9-19(26)22(20)27/h4-5,7-10,13,15,21,23,28H,6,11-12,14H2,1-3H3. The number of nitrogens with zero attached hydrogens (tertiary/aromatic N) is 3. The Morgan fingerprint density at radius 3 is 2.59 bits per heavy atom. The van der Waals surface area contributed by atoms with Gasteiger partial charge in [0, 0.05) is 24.4 Å². The molecule has 0 bridgehead atoms. The minimum atomic E-state index is -3.79. The first kappa shape index (κ1) is 30.5. The number of ether oxygens (including phenoxy) is 1. The lowest BCUT2D eigenvalue weighted by Gasteiger charge is -2.38. The molecule has 210 valence electrons. The lowest BCUT2D eigenvalue weighted by Crippen LogP contribution is -2.48. The predicted octanol–water partition coefficient (Wildman–Crippen LogP) is 4.82. The Balaban J connectivity index is 1.80. The maximum absolute atomic E-state index is 13.1. The number of aliphatic imine (C=N–C) groups is 1. The van der Waals surface area contributed by atoms with Gasteiger partial charge in [-0.15, -0.1) is 0 Å². The first-order valence-corrected chi connectivity index (χ1v) is 14.4. The summed E-state index contributed by atoms with van der Waals surface area (Å²) in [6.07, 6.45) is -0.141. The third kappa shape index (κ3) is 7.33. The van der Waals surface area contributed by atoms with E-state index in [0.29, 0.717) is 5.56 Å². The number of carbonyl (C=O) groups is 2. The van der Waals surface area contributed by atoms with Crippen LogP contribution in [0.3, 0.4) is 0 Å². The summed E-state index contributed by atoms with van der Waals surface area (Å²) in [4.78, 5) is 42.2. The highest BCUT2D eigenvalue weighted by molar-refractivity contribution is 7.91. The Kier molecular flexibility index (Phi) is 10.1. The largest absolute Gasteiger partial charge is 0.462 e. The van der Waals surface area contributed by atoms with Gasteiger partial charge in [0.05, 0.1) is 32.0 Å². The Morgan fingerprint density at radius 2 is 1.92 bits per heavy atom. The molecule has 1 N–H and O–H groups in total. The number of non-ortho nitro benzene ring substituents is 1. The number of rotatable bonds is 11. The summed E-state index contributed by atoms with van der Waals surface area (Å²) < 4.78 is 30.8. The van der Waals surface area contributed by atoms with Gasteiger partial charge in [0.2, 0.25) is 0 Å². The van der Waals surface area contributed by atoms with Crippen LogP contribution in [0.15, 0.2) is 52.4 Å². The first-order valence-electron chi connectivity index (χ1n) is 12.0. The van der Waals surface area contributed by atoms with Crippen molar-refractivity contribution < 1.29 is 27.7 Å². The zero-order valence-corrected chi connectivity index (χ0v) is 23.8. The van der Waals surface area contributed by atoms with Crippen LogP contribution in [-0.4, -0.2) is 61.0 Å². The molecule has 1 aliphatic rings. The minimum absolute atomic E-state index is 0.0627. The quantitative estimate of drug-likeness (QED) is 0.167. The zero-order valence-electron chi connectivity index (χ0n) is 21.5.